The highest BCUT2D eigenvalue weighted by Gasteiger charge is 2.28. The Morgan fingerprint density at radius 2 is 1.70 bits per heavy atom. The van der Waals surface area contributed by atoms with Gasteiger partial charge in [-0.1, -0.05) is 24.3 Å². The first-order valence-electron chi connectivity index (χ1n) is 9.27. The number of carbonyl (C=O) groups is 2. The van der Waals surface area contributed by atoms with Crippen LogP contribution in [0.5, 0.6) is 0 Å². The lowest BCUT2D eigenvalue weighted by atomic mass is 10.1. The van der Waals surface area contributed by atoms with E-state index < -0.39 is 5.82 Å². The molecule has 0 radical (unpaired) electrons. The number of anilines is 1. The van der Waals surface area contributed by atoms with Crippen molar-refractivity contribution in [1.82, 2.24) is 9.80 Å². The predicted molar refractivity (Wildman–Crippen MR) is 101 cm³/mol. The number of halogens is 1. The summed E-state index contributed by atoms with van der Waals surface area (Å²) in [5.74, 6) is -0.463. The quantitative estimate of drug-likeness (QED) is 0.835. The van der Waals surface area contributed by atoms with Gasteiger partial charge in [0.2, 0.25) is 5.91 Å². The maximum atomic E-state index is 13.3. The first-order valence-corrected chi connectivity index (χ1v) is 9.27. The summed E-state index contributed by atoms with van der Waals surface area (Å²) in [5.41, 5.74) is 2.60. The second kappa shape index (κ2) is 7.48. The van der Waals surface area contributed by atoms with Gasteiger partial charge >= 0.3 is 0 Å². The van der Waals surface area contributed by atoms with Crippen LogP contribution in [-0.2, 0) is 11.2 Å². The molecule has 4 rings (SSSR count). The number of amides is 2. The Morgan fingerprint density at radius 3 is 2.48 bits per heavy atom. The molecule has 0 spiro atoms. The van der Waals surface area contributed by atoms with E-state index in [0.29, 0.717) is 38.3 Å². The molecule has 5 nitrogen and oxygen atoms in total. The molecule has 2 aliphatic heterocycles. The second-order valence-electron chi connectivity index (χ2n) is 7.00. The molecule has 1 fully saturated rings. The zero-order chi connectivity index (χ0) is 18.8. The van der Waals surface area contributed by atoms with E-state index in [4.69, 9.17) is 0 Å². The van der Waals surface area contributed by atoms with Crippen LogP contribution >= 0.6 is 0 Å². The number of para-hydroxylation sites is 1. The highest BCUT2D eigenvalue weighted by atomic mass is 19.1. The monoisotopic (exact) mass is 367 g/mol. The summed E-state index contributed by atoms with van der Waals surface area (Å²) in [6.45, 7) is 3.45. The molecule has 0 unspecified atom stereocenters. The third-order valence-corrected chi connectivity index (χ3v) is 5.28. The number of carbonyl (C=O) groups excluding carboxylic acids is 2. The standard InChI is InChI=1S/C21H22FN3O2/c22-18-6-3-5-17(14-18)21(27)24-12-10-23(11-13-24)15-20(26)25-9-8-16-4-1-2-7-19(16)25/h1-7,14H,8-13,15H2. The number of hydrogen-bond donors (Lipinski definition) is 0. The number of fused-ring (bicyclic) bond motifs is 1. The van der Waals surface area contributed by atoms with Crippen LogP contribution in [0.4, 0.5) is 10.1 Å². The summed E-state index contributed by atoms with van der Waals surface area (Å²) in [7, 11) is 0. The molecule has 140 valence electrons. The molecule has 2 aromatic rings. The Bertz CT molecular complexity index is 862. The Kier molecular flexibility index (Phi) is 4.90. The number of benzene rings is 2. The van der Waals surface area contributed by atoms with Crippen LogP contribution in [0.25, 0.3) is 0 Å². The first kappa shape index (κ1) is 17.7. The van der Waals surface area contributed by atoms with Crippen LogP contribution in [0.15, 0.2) is 48.5 Å². The molecule has 0 aliphatic carbocycles. The zero-order valence-electron chi connectivity index (χ0n) is 15.1. The Hall–Kier alpha value is -2.73. The maximum Gasteiger partial charge on any atom is 0.254 e. The van der Waals surface area contributed by atoms with E-state index in [1.807, 2.05) is 23.1 Å². The van der Waals surface area contributed by atoms with Gasteiger partial charge in [0.1, 0.15) is 5.82 Å². The summed E-state index contributed by atoms with van der Waals surface area (Å²) in [4.78, 5) is 30.9. The van der Waals surface area contributed by atoms with Gasteiger partial charge in [-0.3, -0.25) is 14.5 Å². The van der Waals surface area contributed by atoms with E-state index in [9.17, 15) is 14.0 Å². The molecule has 0 aromatic heterocycles. The molecule has 6 heteroatoms. The molecule has 2 aliphatic rings. The third-order valence-electron chi connectivity index (χ3n) is 5.28. The number of nitrogens with zero attached hydrogens (tertiary/aromatic N) is 3. The average molecular weight is 367 g/mol. The van der Waals surface area contributed by atoms with Crippen LogP contribution in [0.2, 0.25) is 0 Å². The molecule has 2 amide bonds. The summed E-state index contributed by atoms with van der Waals surface area (Å²) < 4.78 is 13.3. The number of rotatable bonds is 3. The zero-order valence-corrected chi connectivity index (χ0v) is 15.1. The fraction of sp³-hybridized carbons (Fsp3) is 0.333. The van der Waals surface area contributed by atoms with Gasteiger partial charge in [0.15, 0.2) is 0 Å². The van der Waals surface area contributed by atoms with Crippen molar-refractivity contribution in [1.29, 1.82) is 0 Å². The molecule has 1 saturated heterocycles. The normalized spacial score (nSPS) is 17.1. The summed E-state index contributed by atoms with van der Waals surface area (Å²) >= 11 is 0. The van der Waals surface area contributed by atoms with Gasteiger partial charge in [0.05, 0.1) is 6.54 Å². The first-order chi connectivity index (χ1) is 13.1. The second-order valence-corrected chi connectivity index (χ2v) is 7.00. The lowest BCUT2D eigenvalue weighted by molar-refractivity contribution is -0.120. The Morgan fingerprint density at radius 1 is 0.926 bits per heavy atom. The van der Waals surface area contributed by atoms with Crippen molar-refractivity contribution in [3.8, 4) is 0 Å². The summed E-state index contributed by atoms with van der Waals surface area (Å²) in [6.07, 6.45) is 0.901. The van der Waals surface area contributed by atoms with Crippen LogP contribution < -0.4 is 4.90 Å². The molecule has 2 heterocycles. The molecular formula is C21H22FN3O2. The molecule has 27 heavy (non-hydrogen) atoms. The fourth-order valence-corrected chi connectivity index (χ4v) is 3.79. The van der Waals surface area contributed by atoms with Crippen LogP contribution in [0.1, 0.15) is 15.9 Å². The van der Waals surface area contributed by atoms with Crippen molar-refractivity contribution in [2.45, 2.75) is 6.42 Å². The van der Waals surface area contributed by atoms with Gasteiger partial charge in [-0.2, -0.15) is 0 Å². The topological polar surface area (TPSA) is 43.9 Å². The van der Waals surface area contributed by atoms with Crippen LogP contribution in [0.3, 0.4) is 0 Å². The SMILES string of the molecule is O=C(c1cccc(F)c1)N1CCN(CC(=O)N2CCc3ccccc32)CC1. The van der Waals surface area contributed by atoms with Gasteiger partial charge in [-0.05, 0) is 36.2 Å². The largest absolute Gasteiger partial charge is 0.336 e. The number of hydrogen-bond acceptors (Lipinski definition) is 3. The van der Waals surface area contributed by atoms with Crippen molar-refractivity contribution in [2.24, 2.45) is 0 Å². The van der Waals surface area contributed by atoms with Gasteiger partial charge in [-0.15, -0.1) is 0 Å². The summed E-state index contributed by atoms with van der Waals surface area (Å²) in [5, 5.41) is 0. The van der Waals surface area contributed by atoms with Gasteiger partial charge in [-0.25, -0.2) is 4.39 Å². The van der Waals surface area contributed by atoms with Crippen molar-refractivity contribution in [3.63, 3.8) is 0 Å². The van der Waals surface area contributed by atoms with Crippen molar-refractivity contribution in [2.75, 3.05) is 44.2 Å². The van der Waals surface area contributed by atoms with E-state index in [-0.39, 0.29) is 11.8 Å². The molecular weight excluding hydrogens is 345 g/mol. The van der Waals surface area contributed by atoms with Crippen molar-refractivity contribution >= 4 is 17.5 Å². The van der Waals surface area contributed by atoms with Crippen LogP contribution in [0, 0.1) is 5.82 Å². The van der Waals surface area contributed by atoms with E-state index in [0.717, 1.165) is 18.7 Å². The molecule has 0 bridgehead atoms. The molecule has 0 saturated carbocycles. The third kappa shape index (κ3) is 3.71. The van der Waals surface area contributed by atoms with Crippen molar-refractivity contribution < 1.29 is 14.0 Å². The van der Waals surface area contributed by atoms with Gasteiger partial charge in [0, 0.05) is 44.0 Å². The smallest absolute Gasteiger partial charge is 0.254 e. The van der Waals surface area contributed by atoms with E-state index >= 15 is 0 Å². The van der Waals surface area contributed by atoms with Gasteiger partial charge in [0.25, 0.3) is 5.91 Å². The average Bonchev–Trinajstić information content (AvgIpc) is 3.12. The lowest BCUT2D eigenvalue weighted by Gasteiger charge is -2.35. The number of piperazine rings is 1. The highest BCUT2D eigenvalue weighted by Crippen LogP contribution is 2.27. The predicted octanol–water partition coefficient (Wildman–Crippen LogP) is 2.17. The maximum absolute atomic E-state index is 13.3. The Labute approximate surface area is 158 Å². The van der Waals surface area contributed by atoms with E-state index in [2.05, 4.69) is 11.0 Å². The fourth-order valence-electron chi connectivity index (χ4n) is 3.79. The minimum Gasteiger partial charge on any atom is -0.336 e. The summed E-state index contributed by atoms with van der Waals surface area (Å²) in [6, 6.07) is 13.8. The van der Waals surface area contributed by atoms with E-state index in [1.165, 1.54) is 17.7 Å². The van der Waals surface area contributed by atoms with Crippen LogP contribution in [-0.4, -0.2) is 60.9 Å². The minimum atomic E-state index is -0.407. The van der Waals surface area contributed by atoms with Gasteiger partial charge < -0.3 is 9.80 Å². The molecule has 2 aromatic carbocycles. The minimum absolute atomic E-state index is 0.102. The Balaban J connectivity index is 1.32. The molecule has 0 N–H and O–H groups in total. The van der Waals surface area contributed by atoms with Crippen molar-refractivity contribution in [3.05, 3.63) is 65.5 Å². The highest BCUT2D eigenvalue weighted by molar-refractivity contribution is 5.97. The molecule has 0 atom stereocenters. The lowest BCUT2D eigenvalue weighted by Crippen LogP contribution is -2.51. The van der Waals surface area contributed by atoms with E-state index in [1.54, 1.807) is 17.0 Å².